The molecule has 6 heteroatoms. The van der Waals surface area contributed by atoms with E-state index in [9.17, 15) is 4.79 Å². The number of anilines is 1. The number of carbonyl (C=O) groups excluding carboxylic acids is 1. The Morgan fingerprint density at radius 1 is 1.11 bits per heavy atom. The third kappa shape index (κ3) is 3.92. The Morgan fingerprint density at radius 3 is 2.71 bits per heavy atom. The fourth-order valence-corrected chi connectivity index (χ4v) is 3.99. The number of fused-ring (bicyclic) bond motifs is 1. The lowest BCUT2D eigenvalue weighted by atomic mass is 10.1. The minimum absolute atomic E-state index is 0.0281. The number of para-hydroxylation sites is 1. The first-order valence-corrected chi connectivity index (χ1v) is 9.95. The minimum atomic E-state index is -0.0281. The molecule has 0 atom stereocenters. The van der Waals surface area contributed by atoms with Gasteiger partial charge in [0.05, 0.1) is 30.5 Å². The summed E-state index contributed by atoms with van der Waals surface area (Å²) in [6, 6.07) is 19.2. The van der Waals surface area contributed by atoms with Gasteiger partial charge >= 0.3 is 0 Å². The van der Waals surface area contributed by atoms with Gasteiger partial charge in [-0.2, -0.15) is 0 Å². The number of ether oxygens (including phenoxy) is 1. The second kappa shape index (κ2) is 8.27. The van der Waals surface area contributed by atoms with Crippen molar-refractivity contribution in [2.45, 2.75) is 19.9 Å². The zero-order valence-electron chi connectivity index (χ0n) is 15.5. The van der Waals surface area contributed by atoms with Crippen LogP contribution in [0.2, 0.25) is 0 Å². The Labute approximate surface area is 167 Å². The molecule has 0 saturated carbocycles. The summed E-state index contributed by atoms with van der Waals surface area (Å²) in [6.07, 6.45) is 1.91. The summed E-state index contributed by atoms with van der Waals surface area (Å²) in [5.41, 5.74) is 1.74. The number of furan rings is 1. The highest BCUT2D eigenvalue weighted by atomic mass is 32.1. The highest BCUT2D eigenvalue weighted by Crippen LogP contribution is 2.35. The molecule has 2 aromatic heterocycles. The van der Waals surface area contributed by atoms with Crippen molar-refractivity contribution >= 4 is 32.6 Å². The Bertz CT molecular complexity index is 1060. The van der Waals surface area contributed by atoms with E-state index in [0.29, 0.717) is 30.5 Å². The van der Waals surface area contributed by atoms with Gasteiger partial charge in [-0.05, 0) is 36.8 Å². The lowest BCUT2D eigenvalue weighted by molar-refractivity contribution is -0.118. The second-order valence-corrected chi connectivity index (χ2v) is 7.26. The predicted octanol–water partition coefficient (Wildman–Crippen LogP) is 5.06. The standard InChI is InChI=1S/C22H20N2O3S/c1-2-26-18-11-6-12-19-21(18)23-22(28-19)24(15-17-10-7-13-27-17)20(25)14-16-8-4-3-5-9-16/h3-13H,2,14-15H2,1H3. The van der Waals surface area contributed by atoms with Gasteiger partial charge in [-0.15, -0.1) is 0 Å². The topological polar surface area (TPSA) is 55.6 Å². The number of hydrogen-bond acceptors (Lipinski definition) is 5. The number of thiazole rings is 1. The van der Waals surface area contributed by atoms with Crippen molar-refractivity contribution in [3.8, 4) is 5.75 Å². The number of benzene rings is 2. The van der Waals surface area contributed by atoms with Crippen molar-refractivity contribution < 1.29 is 13.9 Å². The van der Waals surface area contributed by atoms with E-state index in [-0.39, 0.29) is 5.91 Å². The van der Waals surface area contributed by atoms with Crippen LogP contribution in [0.3, 0.4) is 0 Å². The molecule has 142 valence electrons. The fraction of sp³-hybridized carbons (Fsp3) is 0.182. The van der Waals surface area contributed by atoms with E-state index in [0.717, 1.165) is 21.5 Å². The Morgan fingerprint density at radius 2 is 1.96 bits per heavy atom. The molecule has 5 nitrogen and oxygen atoms in total. The molecule has 2 heterocycles. The zero-order valence-corrected chi connectivity index (χ0v) is 16.3. The molecule has 0 saturated heterocycles. The van der Waals surface area contributed by atoms with Gasteiger partial charge in [-0.1, -0.05) is 47.7 Å². The van der Waals surface area contributed by atoms with Gasteiger partial charge in [0.25, 0.3) is 0 Å². The van der Waals surface area contributed by atoms with E-state index in [2.05, 4.69) is 0 Å². The van der Waals surface area contributed by atoms with E-state index in [1.165, 1.54) is 11.3 Å². The molecule has 0 aliphatic heterocycles. The van der Waals surface area contributed by atoms with Crippen molar-refractivity contribution in [2.24, 2.45) is 0 Å². The molecule has 2 aromatic carbocycles. The Hall–Kier alpha value is -3.12. The van der Waals surface area contributed by atoms with Crippen molar-refractivity contribution in [1.82, 2.24) is 4.98 Å². The summed E-state index contributed by atoms with van der Waals surface area (Å²) < 4.78 is 12.2. The summed E-state index contributed by atoms with van der Waals surface area (Å²) in [7, 11) is 0. The van der Waals surface area contributed by atoms with Crippen LogP contribution in [0.1, 0.15) is 18.2 Å². The third-order valence-corrected chi connectivity index (χ3v) is 5.34. The fourth-order valence-electron chi connectivity index (χ4n) is 2.99. The highest BCUT2D eigenvalue weighted by molar-refractivity contribution is 7.22. The number of nitrogens with zero attached hydrogens (tertiary/aromatic N) is 2. The van der Waals surface area contributed by atoms with Crippen LogP contribution in [-0.2, 0) is 17.8 Å². The number of amides is 1. The van der Waals surface area contributed by atoms with Gasteiger partial charge in [0, 0.05) is 0 Å². The predicted molar refractivity (Wildman–Crippen MR) is 111 cm³/mol. The molecule has 0 fully saturated rings. The average molecular weight is 392 g/mol. The summed E-state index contributed by atoms with van der Waals surface area (Å²) in [4.78, 5) is 19.6. The van der Waals surface area contributed by atoms with Crippen LogP contribution in [-0.4, -0.2) is 17.5 Å². The summed E-state index contributed by atoms with van der Waals surface area (Å²) >= 11 is 1.48. The van der Waals surface area contributed by atoms with Crippen LogP contribution in [0, 0.1) is 0 Å². The van der Waals surface area contributed by atoms with Crippen LogP contribution in [0.4, 0.5) is 5.13 Å². The average Bonchev–Trinajstić information content (AvgIpc) is 3.37. The molecule has 28 heavy (non-hydrogen) atoms. The third-order valence-electron chi connectivity index (χ3n) is 4.29. The lowest BCUT2D eigenvalue weighted by Crippen LogP contribution is -2.31. The molecular formula is C22H20N2O3S. The molecule has 0 radical (unpaired) electrons. The van der Waals surface area contributed by atoms with Crippen molar-refractivity contribution in [3.63, 3.8) is 0 Å². The van der Waals surface area contributed by atoms with Crippen molar-refractivity contribution in [1.29, 1.82) is 0 Å². The van der Waals surface area contributed by atoms with E-state index in [4.69, 9.17) is 14.1 Å². The van der Waals surface area contributed by atoms with Crippen LogP contribution in [0.5, 0.6) is 5.75 Å². The number of rotatable bonds is 7. The maximum Gasteiger partial charge on any atom is 0.233 e. The molecule has 0 N–H and O–H groups in total. The van der Waals surface area contributed by atoms with E-state index >= 15 is 0 Å². The van der Waals surface area contributed by atoms with Gasteiger partial charge in [0.1, 0.15) is 17.0 Å². The molecule has 0 aliphatic rings. The van der Waals surface area contributed by atoms with Gasteiger partial charge in [-0.25, -0.2) is 4.98 Å². The summed E-state index contributed by atoms with van der Waals surface area (Å²) in [5, 5.41) is 0.638. The minimum Gasteiger partial charge on any atom is -0.492 e. The monoisotopic (exact) mass is 392 g/mol. The first kappa shape index (κ1) is 18.3. The van der Waals surface area contributed by atoms with Gasteiger partial charge < -0.3 is 9.15 Å². The molecular weight excluding hydrogens is 372 g/mol. The summed E-state index contributed by atoms with van der Waals surface area (Å²) in [5.74, 6) is 1.42. The summed E-state index contributed by atoms with van der Waals surface area (Å²) in [6.45, 7) is 2.84. The van der Waals surface area contributed by atoms with E-state index in [1.807, 2.05) is 67.6 Å². The zero-order chi connectivity index (χ0) is 19.3. The Kier molecular flexibility index (Phi) is 5.39. The maximum absolute atomic E-state index is 13.1. The highest BCUT2D eigenvalue weighted by Gasteiger charge is 2.22. The van der Waals surface area contributed by atoms with Gasteiger partial charge in [-0.3, -0.25) is 9.69 Å². The van der Waals surface area contributed by atoms with E-state index in [1.54, 1.807) is 11.2 Å². The smallest absolute Gasteiger partial charge is 0.233 e. The molecule has 0 unspecified atom stereocenters. The normalized spacial score (nSPS) is 10.9. The van der Waals surface area contributed by atoms with Crippen LogP contribution in [0.25, 0.3) is 10.2 Å². The quantitative estimate of drug-likeness (QED) is 0.441. The lowest BCUT2D eigenvalue weighted by Gasteiger charge is -2.18. The molecule has 4 aromatic rings. The second-order valence-electron chi connectivity index (χ2n) is 6.25. The van der Waals surface area contributed by atoms with Crippen LogP contribution in [0.15, 0.2) is 71.3 Å². The molecule has 4 rings (SSSR count). The van der Waals surface area contributed by atoms with Crippen LogP contribution < -0.4 is 9.64 Å². The molecule has 0 spiro atoms. The Balaban J connectivity index is 1.69. The molecule has 0 bridgehead atoms. The first-order chi connectivity index (χ1) is 13.7. The maximum atomic E-state index is 13.1. The SMILES string of the molecule is CCOc1cccc2sc(N(Cc3ccco3)C(=O)Cc3ccccc3)nc12. The largest absolute Gasteiger partial charge is 0.492 e. The molecule has 1 amide bonds. The van der Waals surface area contributed by atoms with Crippen molar-refractivity contribution in [3.05, 3.63) is 78.3 Å². The van der Waals surface area contributed by atoms with E-state index < -0.39 is 0 Å². The first-order valence-electron chi connectivity index (χ1n) is 9.13. The number of carbonyl (C=O) groups is 1. The van der Waals surface area contributed by atoms with Crippen molar-refractivity contribution in [2.75, 3.05) is 11.5 Å². The van der Waals surface area contributed by atoms with Crippen LogP contribution >= 0.6 is 11.3 Å². The van der Waals surface area contributed by atoms with Gasteiger partial charge in [0.15, 0.2) is 5.13 Å². The number of aromatic nitrogens is 1. The molecule has 0 aliphatic carbocycles. The number of hydrogen-bond donors (Lipinski definition) is 0. The van der Waals surface area contributed by atoms with Gasteiger partial charge in [0.2, 0.25) is 5.91 Å².